The summed E-state index contributed by atoms with van der Waals surface area (Å²) in [5.41, 5.74) is 2.66. The first kappa shape index (κ1) is 13.6. The number of fused-ring (bicyclic) bond motifs is 1. The molecule has 1 amide bonds. The van der Waals surface area contributed by atoms with Crippen LogP contribution in [-0.2, 0) is 17.7 Å². The van der Waals surface area contributed by atoms with E-state index in [2.05, 4.69) is 11.6 Å². The zero-order valence-corrected chi connectivity index (χ0v) is 11.8. The first-order valence-electron chi connectivity index (χ1n) is 6.47. The van der Waals surface area contributed by atoms with Crippen LogP contribution in [0.1, 0.15) is 37.6 Å². The average molecular weight is 260 g/mol. The Morgan fingerprint density at radius 3 is 2.89 bits per heavy atom. The van der Waals surface area contributed by atoms with Gasteiger partial charge >= 0.3 is 6.09 Å². The van der Waals surface area contributed by atoms with E-state index in [-0.39, 0.29) is 6.09 Å². The number of carbonyl (C=O) groups excluding carboxylic acids is 1. The van der Waals surface area contributed by atoms with Crippen LogP contribution in [0.2, 0.25) is 0 Å². The Bertz CT molecular complexity index is 503. The Hall–Kier alpha value is -1.84. The summed E-state index contributed by atoms with van der Waals surface area (Å²) in [4.78, 5) is 18.2. The molecule has 2 heterocycles. The molecular weight excluding hydrogens is 240 g/mol. The summed E-state index contributed by atoms with van der Waals surface area (Å²) in [5.74, 6) is 0. The second kappa shape index (κ2) is 5.03. The van der Waals surface area contributed by atoms with Gasteiger partial charge in [-0.05, 0) is 38.0 Å². The predicted octanol–water partition coefficient (Wildman–Crippen LogP) is 3.02. The summed E-state index contributed by atoms with van der Waals surface area (Å²) >= 11 is 0. The largest absolute Gasteiger partial charge is 0.444 e. The van der Waals surface area contributed by atoms with Crippen molar-refractivity contribution >= 4 is 12.2 Å². The third-order valence-electron chi connectivity index (χ3n) is 2.95. The van der Waals surface area contributed by atoms with Gasteiger partial charge in [-0.15, -0.1) is 0 Å². The molecule has 0 fully saturated rings. The monoisotopic (exact) mass is 260 g/mol. The molecule has 102 valence electrons. The van der Waals surface area contributed by atoms with Crippen molar-refractivity contribution in [3.8, 4) is 0 Å². The molecule has 4 nitrogen and oxygen atoms in total. The minimum absolute atomic E-state index is 0.262. The van der Waals surface area contributed by atoms with Gasteiger partial charge < -0.3 is 9.64 Å². The fourth-order valence-electron chi connectivity index (χ4n) is 2.04. The molecule has 0 spiro atoms. The quantitative estimate of drug-likeness (QED) is 0.779. The maximum absolute atomic E-state index is 12.0. The van der Waals surface area contributed by atoms with Gasteiger partial charge in [0.25, 0.3) is 0 Å². The number of hydrogen-bond donors (Lipinski definition) is 0. The molecule has 0 saturated heterocycles. The molecule has 0 aromatic carbocycles. The fourth-order valence-corrected chi connectivity index (χ4v) is 2.04. The van der Waals surface area contributed by atoms with Crippen LogP contribution in [-0.4, -0.2) is 28.1 Å². The Morgan fingerprint density at radius 1 is 1.53 bits per heavy atom. The maximum Gasteiger partial charge on any atom is 0.410 e. The number of aromatic nitrogens is 1. The van der Waals surface area contributed by atoms with E-state index in [0.717, 1.165) is 23.2 Å². The highest BCUT2D eigenvalue weighted by Crippen LogP contribution is 2.20. The summed E-state index contributed by atoms with van der Waals surface area (Å²) in [6.07, 6.45) is 4.09. The van der Waals surface area contributed by atoms with E-state index >= 15 is 0 Å². The molecule has 0 unspecified atom stereocenters. The molecule has 1 aliphatic heterocycles. The van der Waals surface area contributed by atoms with Crippen LogP contribution in [0.3, 0.4) is 0 Å². The Balaban J connectivity index is 2.12. The third-order valence-corrected chi connectivity index (χ3v) is 2.95. The molecule has 0 saturated carbocycles. The lowest BCUT2D eigenvalue weighted by molar-refractivity contribution is 0.0223. The van der Waals surface area contributed by atoms with Crippen LogP contribution in [0.5, 0.6) is 0 Å². The van der Waals surface area contributed by atoms with E-state index < -0.39 is 5.60 Å². The highest BCUT2D eigenvalue weighted by molar-refractivity contribution is 5.68. The maximum atomic E-state index is 12.0. The second-order valence-corrected chi connectivity index (χ2v) is 5.73. The lowest BCUT2D eigenvalue weighted by atomic mass is 10.0. The molecule has 4 heteroatoms. The molecular formula is C15H20N2O2. The third kappa shape index (κ3) is 3.34. The number of pyridine rings is 1. The van der Waals surface area contributed by atoms with Crippen LogP contribution in [0.4, 0.5) is 4.79 Å². The summed E-state index contributed by atoms with van der Waals surface area (Å²) < 4.78 is 5.40. The minimum Gasteiger partial charge on any atom is -0.444 e. The molecule has 0 N–H and O–H groups in total. The highest BCUT2D eigenvalue weighted by atomic mass is 16.6. The normalized spacial score (nSPS) is 14.8. The van der Waals surface area contributed by atoms with Gasteiger partial charge in [0.1, 0.15) is 5.60 Å². The molecule has 0 radical (unpaired) electrons. The topological polar surface area (TPSA) is 42.4 Å². The van der Waals surface area contributed by atoms with E-state index in [1.54, 1.807) is 11.0 Å². The van der Waals surface area contributed by atoms with Gasteiger partial charge in [0.15, 0.2) is 0 Å². The first-order chi connectivity index (χ1) is 8.89. The number of hydrogen-bond acceptors (Lipinski definition) is 3. The number of amides is 1. The molecule has 1 aliphatic rings. The summed E-state index contributed by atoms with van der Waals surface area (Å²) in [6.45, 7) is 10.6. The number of carbonyl (C=O) groups is 1. The van der Waals surface area contributed by atoms with Crippen molar-refractivity contribution in [2.24, 2.45) is 0 Å². The zero-order valence-electron chi connectivity index (χ0n) is 11.8. The molecule has 0 bridgehead atoms. The van der Waals surface area contributed by atoms with Crippen molar-refractivity contribution in [2.75, 3.05) is 6.54 Å². The number of rotatable bonds is 1. The highest BCUT2D eigenvalue weighted by Gasteiger charge is 2.26. The molecule has 1 aromatic heterocycles. The lowest BCUT2D eigenvalue weighted by Crippen LogP contribution is -2.40. The van der Waals surface area contributed by atoms with Gasteiger partial charge in [-0.1, -0.05) is 12.7 Å². The molecule has 0 aliphatic carbocycles. The van der Waals surface area contributed by atoms with Crippen LogP contribution >= 0.6 is 0 Å². The number of nitrogens with zero attached hydrogens (tertiary/aromatic N) is 2. The average Bonchev–Trinajstić information content (AvgIpc) is 2.35. The summed E-state index contributed by atoms with van der Waals surface area (Å²) in [6, 6.07) is 2.03. The van der Waals surface area contributed by atoms with Gasteiger partial charge in [-0.3, -0.25) is 4.98 Å². The molecule has 1 aromatic rings. The Labute approximate surface area is 114 Å². The van der Waals surface area contributed by atoms with Crippen molar-refractivity contribution in [3.63, 3.8) is 0 Å². The Morgan fingerprint density at radius 2 is 2.26 bits per heavy atom. The lowest BCUT2D eigenvalue weighted by Gasteiger charge is -2.30. The predicted molar refractivity (Wildman–Crippen MR) is 74.7 cm³/mol. The molecule has 0 atom stereocenters. The molecule has 19 heavy (non-hydrogen) atoms. The van der Waals surface area contributed by atoms with Gasteiger partial charge in [0.2, 0.25) is 0 Å². The fraction of sp³-hybridized carbons (Fsp3) is 0.467. The van der Waals surface area contributed by atoms with E-state index in [1.807, 2.05) is 33.0 Å². The van der Waals surface area contributed by atoms with Gasteiger partial charge in [-0.25, -0.2) is 4.79 Å². The van der Waals surface area contributed by atoms with Gasteiger partial charge in [0.05, 0.1) is 6.54 Å². The smallest absolute Gasteiger partial charge is 0.410 e. The van der Waals surface area contributed by atoms with Crippen molar-refractivity contribution in [3.05, 3.63) is 35.7 Å². The summed E-state index contributed by atoms with van der Waals surface area (Å²) in [7, 11) is 0. The van der Waals surface area contributed by atoms with Crippen molar-refractivity contribution in [2.45, 2.75) is 39.3 Å². The van der Waals surface area contributed by atoms with Gasteiger partial charge in [-0.2, -0.15) is 0 Å². The van der Waals surface area contributed by atoms with E-state index in [9.17, 15) is 4.79 Å². The SMILES string of the molecule is C=Cc1cnc2c(c1)CN(C(=O)OC(C)(C)C)CC2. The Kier molecular flexibility index (Phi) is 3.60. The van der Waals surface area contributed by atoms with Crippen LogP contribution in [0.25, 0.3) is 6.08 Å². The van der Waals surface area contributed by atoms with Crippen LogP contribution in [0, 0.1) is 0 Å². The second-order valence-electron chi connectivity index (χ2n) is 5.73. The van der Waals surface area contributed by atoms with Gasteiger partial charge in [0, 0.05) is 24.9 Å². The van der Waals surface area contributed by atoms with Crippen molar-refractivity contribution < 1.29 is 9.53 Å². The van der Waals surface area contributed by atoms with E-state index in [1.165, 1.54) is 0 Å². The van der Waals surface area contributed by atoms with Crippen LogP contribution in [0.15, 0.2) is 18.8 Å². The zero-order chi connectivity index (χ0) is 14.0. The number of ether oxygens (including phenoxy) is 1. The minimum atomic E-state index is -0.460. The van der Waals surface area contributed by atoms with E-state index in [4.69, 9.17) is 4.74 Å². The first-order valence-corrected chi connectivity index (χ1v) is 6.47. The standard InChI is InChI=1S/C15H20N2O2/c1-5-11-8-12-10-17(7-6-13(12)16-9-11)14(18)19-15(2,3)4/h5,8-9H,1,6-7,10H2,2-4H3. The molecule has 2 rings (SSSR count). The van der Waals surface area contributed by atoms with Crippen molar-refractivity contribution in [1.29, 1.82) is 0 Å². The van der Waals surface area contributed by atoms with E-state index in [0.29, 0.717) is 13.1 Å². The van der Waals surface area contributed by atoms with Crippen molar-refractivity contribution in [1.82, 2.24) is 9.88 Å². The summed E-state index contributed by atoms with van der Waals surface area (Å²) in [5, 5.41) is 0. The van der Waals surface area contributed by atoms with Crippen LogP contribution < -0.4 is 0 Å².